The van der Waals surface area contributed by atoms with E-state index >= 15 is 0 Å². The lowest BCUT2D eigenvalue weighted by Gasteiger charge is -2.09. The van der Waals surface area contributed by atoms with Crippen molar-refractivity contribution in [2.45, 2.75) is 6.61 Å². The van der Waals surface area contributed by atoms with E-state index in [1.54, 1.807) is 42.5 Å². The van der Waals surface area contributed by atoms with Crippen LogP contribution in [0.25, 0.3) is 6.08 Å². The number of rotatable bonds is 5. The van der Waals surface area contributed by atoms with Crippen molar-refractivity contribution in [3.05, 3.63) is 69.5 Å². The number of para-hydroxylation sites is 1. The summed E-state index contributed by atoms with van der Waals surface area (Å²) in [6.45, 7) is 0.303. The first kappa shape index (κ1) is 15.9. The van der Waals surface area contributed by atoms with Gasteiger partial charge in [-0.25, -0.2) is 0 Å². The summed E-state index contributed by atoms with van der Waals surface area (Å²) in [6, 6.07) is 14.0. The standard InChI is InChI=1S/C17H12N2O4S/c20-16-15(24-17(21)18-16)9-12-3-1-2-4-14(12)23-10-11-5-7-13(19-22)8-6-11/h1-9H,10H2,(H,18,20,21)/b15-9-. The summed E-state index contributed by atoms with van der Waals surface area (Å²) in [4.78, 5) is 33.6. The first-order valence-corrected chi connectivity index (χ1v) is 7.86. The maximum absolute atomic E-state index is 11.6. The quantitative estimate of drug-likeness (QED) is 0.657. The molecule has 1 fully saturated rings. The van der Waals surface area contributed by atoms with Gasteiger partial charge >= 0.3 is 0 Å². The highest BCUT2D eigenvalue weighted by Gasteiger charge is 2.25. The average Bonchev–Trinajstić information content (AvgIpc) is 2.92. The second-order valence-electron chi connectivity index (χ2n) is 4.94. The second kappa shape index (κ2) is 7.10. The summed E-state index contributed by atoms with van der Waals surface area (Å²) in [5.41, 5.74) is 1.95. The highest BCUT2D eigenvalue weighted by atomic mass is 32.2. The van der Waals surface area contributed by atoms with Crippen molar-refractivity contribution in [1.82, 2.24) is 5.32 Å². The molecule has 2 aromatic rings. The number of nitroso groups, excluding NO2 is 1. The van der Waals surface area contributed by atoms with E-state index in [0.29, 0.717) is 28.5 Å². The largest absolute Gasteiger partial charge is 0.488 e. The van der Waals surface area contributed by atoms with Gasteiger partial charge in [0.2, 0.25) is 0 Å². The topological polar surface area (TPSA) is 84.8 Å². The van der Waals surface area contributed by atoms with Gasteiger partial charge in [0.15, 0.2) is 0 Å². The van der Waals surface area contributed by atoms with Crippen LogP contribution in [-0.2, 0) is 11.4 Å². The number of ether oxygens (including phenoxy) is 1. The predicted octanol–water partition coefficient (Wildman–Crippen LogP) is 3.99. The van der Waals surface area contributed by atoms with Crippen LogP contribution in [0.2, 0.25) is 0 Å². The molecular weight excluding hydrogens is 328 g/mol. The summed E-state index contributed by atoms with van der Waals surface area (Å²) < 4.78 is 5.79. The van der Waals surface area contributed by atoms with Crippen molar-refractivity contribution in [1.29, 1.82) is 0 Å². The van der Waals surface area contributed by atoms with E-state index in [1.165, 1.54) is 0 Å². The van der Waals surface area contributed by atoms with Crippen molar-refractivity contribution < 1.29 is 14.3 Å². The molecule has 2 aromatic carbocycles. The first-order chi connectivity index (χ1) is 11.7. The lowest BCUT2D eigenvalue weighted by atomic mass is 10.1. The SMILES string of the molecule is O=Nc1ccc(COc2ccccc2/C=C2\SC(=O)NC2=O)cc1. The summed E-state index contributed by atoms with van der Waals surface area (Å²) in [7, 11) is 0. The molecule has 0 radical (unpaired) electrons. The van der Waals surface area contributed by atoms with Crippen LogP contribution in [0.1, 0.15) is 11.1 Å². The lowest BCUT2D eigenvalue weighted by molar-refractivity contribution is -0.115. The Morgan fingerprint density at radius 2 is 1.83 bits per heavy atom. The number of imide groups is 1. The fraction of sp³-hybridized carbons (Fsp3) is 0.0588. The predicted molar refractivity (Wildman–Crippen MR) is 91.8 cm³/mol. The number of benzene rings is 2. The molecule has 3 rings (SSSR count). The van der Waals surface area contributed by atoms with Crippen LogP contribution in [0.4, 0.5) is 10.5 Å². The molecule has 0 atom stereocenters. The van der Waals surface area contributed by atoms with E-state index in [1.807, 2.05) is 12.1 Å². The van der Waals surface area contributed by atoms with Crippen LogP contribution >= 0.6 is 11.8 Å². The Kier molecular flexibility index (Phi) is 4.72. The number of thioether (sulfide) groups is 1. The average molecular weight is 340 g/mol. The van der Waals surface area contributed by atoms with E-state index in [0.717, 1.165) is 17.3 Å². The van der Waals surface area contributed by atoms with E-state index in [2.05, 4.69) is 10.5 Å². The smallest absolute Gasteiger partial charge is 0.290 e. The van der Waals surface area contributed by atoms with E-state index in [4.69, 9.17) is 4.74 Å². The zero-order valence-corrected chi connectivity index (χ0v) is 13.2. The van der Waals surface area contributed by atoms with Crippen LogP contribution < -0.4 is 10.1 Å². The number of hydrogen-bond acceptors (Lipinski definition) is 6. The molecule has 7 heteroatoms. The monoisotopic (exact) mass is 340 g/mol. The number of carbonyl (C=O) groups excluding carboxylic acids is 2. The molecule has 0 aromatic heterocycles. The highest BCUT2D eigenvalue weighted by molar-refractivity contribution is 8.18. The third-order valence-corrected chi connectivity index (χ3v) is 4.09. The minimum absolute atomic E-state index is 0.303. The minimum Gasteiger partial charge on any atom is -0.488 e. The third kappa shape index (κ3) is 3.69. The highest BCUT2D eigenvalue weighted by Crippen LogP contribution is 2.29. The second-order valence-corrected chi connectivity index (χ2v) is 5.95. The van der Waals surface area contributed by atoms with Crippen molar-refractivity contribution in [2.24, 2.45) is 5.18 Å². The molecule has 1 saturated heterocycles. The molecule has 0 saturated carbocycles. The molecule has 1 aliphatic heterocycles. The molecule has 0 spiro atoms. The number of carbonyl (C=O) groups is 2. The number of amides is 2. The third-order valence-electron chi connectivity index (χ3n) is 3.28. The van der Waals surface area contributed by atoms with Crippen LogP contribution in [0, 0.1) is 4.91 Å². The molecule has 120 valence electrons. The minimum atomic E-state index is -0.406. The molecule has 1 aliphatic rings. The van der Waals surface area contributed by atoms with Crippen molar-refractivity contribution in [3.8, 4) is 5.75 Å². The zero-order valence-electron chi connectivity index (χ0n) is 12.4. The summed E-state index contributed by atoms with van der Waals surface area (Å²) in [5, 5.41) is 4.68. The van der Waals surface area contributed by atoms with Crippen LogP contribution in [0.15, 0.2) is 58.6 Å². The van der Waals surface area contributed by atoms with Gasteiger partial charge in [-0.2, -0.15) is 0 Å². The van der Waals surface area contributed by atoms with Gasteiger partial charge in [0.05, 0.1) is 4.91 Å². The van der Waals surface area contributed by atoms with Gasteiger partial charge in [0, 0.05) is 5.56 Å². The summed E-state index contributed by atoms with van der Waals surface area (Å²) >= 11 is 0.862. The first-order valence-electron chi connectivity index (χ1n) is 7.05. The van der Waals surface area contributed by atoms with Crippen molar-refractivity contribution in [3.63, 3.8) is 0 Å². The van der Waals surface area contributed by atoms with Gasteiger partial charge in [-0.15, -0.1) is 4.91 Å². The molecule has 2 amide bonds. The Bertz CT molecular complexity index is 831. The Labute approximate surface area is 141 Å². The summed E-state index contributed by atoms with van der Waals surface area (Å²) in [5.74, 6) is 0.187. The van der Waals surface area contributed by atoms with Gasteiger partial charge in [-0.05, 0) is 46.8 Å². The Morgan fingerprint density at radius 3 is 2.50 bits per heavy atom. The molecule has 0 bridgehead atoms. The van der Waals surface area contributed by atoms with Crippen molar-refractivity contribution in [2.75, 3.05) is 0 Å². The fourth-order valence-electron chi connectivity index (χ4n) is 2.11. The Morgan fingerprint density at radius 1 is 1.08 bits per heavy atom. The molecule has 0 aliphatic carbocycles. The number of nitrogens with zero attached hydrogens (tertiary/aromatic N) is 1. The number of nitrogens with one attached hydrogen (secondary N) is 1. The van der Waals surface area contributed by atoms with Crippen molar-refractivity contribution >= 4 is 34.7 Å². The fourth-order valence-corrected chi connectivity index (χ4v) is 2.78. The van der Waals surface area contributed by atoms with Gasteiger partial charge < -0.3 is 4.74 Å². The molecular formula is C17H12N2O4S. The van der Waals surface area contributed by atoms with E-state index < -0.39 is 5.91 Å². The van der Waals surface area contributed by atoms with Gasteiger partial charge in [0.1, 0.15) is 18.0 Å². The van der Waals surface area contributed by atoms with Crippen LogP contribution in [0.5, 0.6) is 5.75 Å². The van der Waals surface area contributed by atoms with E-state index in [-0.39, 0.29) is 5.24 Å². The maximum Gasteiger partial charge on any atom is 0.290 e. The molecule has 6 nitrogen and oxygen atoms in total. The van der Waals surface area contributed by atoms with Gasteiger partial charge in [-0.3, -0.25) is 14.9 Å². The van der Waals surface area contributed by atoms with Crippen LogP contribution in [0.3, 0.4) is 0 Å². The van der Waals surface area contributed by atoms with Gasteiger partial charge in [-0.1, -0.05) is 30.3 Å². The normalized spacial score (nSPS) is 15.4. The maximum atomic E-state index is 11.6. The Hall–Kier alpha value is -2.93. The van der Waals surface area contributed by atoms with Gasteiger partial charge in [0.25, 0.3) is 11.1 Å². The zero-order chi connectivity index (χ0) is 16.9. The molecule has 24 heavy (non-hydrogen) atoms. The Balaban J connectivity index is 1.76. The molecule has 1 N–H and O–H groups in total. The van der Waals surface area contributed by atoms with Crippen LogP contribution in [-0.4, -0.2) is 11.1 Å². The summed E-state index contributed by atoms with van der Waals surface area (Å²) in [6.07, 6.45) is 1.62. The van der Waals surface area contributed by atoms with E-state index in [9.17, 15) is 14.5 Å². The lowest BCUT2D eigenvalue weighted by Crippen LogP contribution is -2.17. The molecule has 0 unspecified atom stereocenters. The molecule has 1 heterocycles. The number of hydrogen-bond donors (Lipinski definition) is 1.